The molecule has 2 heterocycles. The molecule has 0 radical (unpaired) electrons. The van der Waals surface area contributed by atoms with Gasteiger partial charge in [0.15, 0.2) is 0 Å². The molecule has 4 aromatic carbocycles. The summed E-state index contributed by atoms with van der Waals surface area (Å²) in [7, 11) is 3.36. The second-order valence-electron chi connectivity index (χ2n) is 10.8. The summed E-state index contributed by atoms with van der Waals surface area (Å²) in [5.74, 6) is 1.10. The lowest BCUT2D eigenvalue weighted by molar-refractivity contribution is -0.306. The fourth-order valence-electron chi connectivity index (χ4n) is 5.89. The van der Waals surface area contributed by atoms with Crippen molar-refractivity contribution in [1.82, 2.24) is 0 Å². The predicted octanol–water partition coefficient (Wildman–Crippen LogP) is 6.50. The van der Waals surface area contributed by atoms with Crippen LogP contribution in [0.4, 0.5) is 0 Å². The standard InChI is InChI=1S/C36H38O7/c1-37-28-18-19-30-29(20-28)33(38-2)32-35(41-23-27-16-10-5-11-17-27)34(40-22-26-14-8-4-9-15-26)31(43-36(32)42-30)24-39-21-25-12-6-3-7-13-25/h3-20,31-36H,21-24H2,1-2H3/t31-,32+,33+,34-,35-,36-/m1/s1. The molecular formula is C36H38O7. The van der Waals surface area contributed by atoms with Gasteiger partial charge in [-0.05, 0) is 34.9 Å². The maximum absolute atomic E-state index is 6.79. The normalized spacial score (nSPS) is 24.4. The van der Waals surface area contributed by atoms with Gasteiger partial charge in [-0.15, -0.1) is 0 Å². The van der Waals surface area contributed by atoms with Crippen LogP contribution in [0.2, 0.25) is 0 Å². The van der Waals surface area contributed by atoms with Crippen LogP contribution in [0.15, 0.2) is 109 Å². The molecule has 1 saturated heterocycles. The van der Waals surface area contributed by atoms with E-state index in [2.05, 4.69) is 24.3 Å². The van der Waals surface area contributed by atoms with Crippen LogP contribution < -0.4 is 9.47 Å². The van der Waals surface area contributed by atoms with E-state index in [0.717, 1.165) is 28.0 Å². The summed E-state index contributed by atoms with van der Waals surface area (Å²) in [6, 6.07) is 36.1. The van der Waals surface area contributed by atoms with Gasteiger partial charge in [-0.25, -0.2) is 0 Å². The lowest BCUT2D eigenvalue weighted by Gasteiger charge is -2.50. The second-order valence-corrected chi connectivity index (χ2v) is 10.8. The Balaban J connectivity index is 1.33. The van der Waals surface area contributed by atoms with E-state index in [9.17, 15) is 0 Å². The van der Waals surface area contributed by atoms with Crippen molar-refractivity contribution < 1.29 is 33.2 Å². The highest BCUT2D eigenvalue weighted by Gasteiger charge is 2.54. The van der Waals surface area contributed by atoms with Crippen LogP contribution in [-0.4, -0.2) is 45.4 Å². The molecule has 2 aliphatic rings. The summed E-state index contributed by atoms with van der Waals surface area (Å²) in [6.45, 7) is 1.56. The predicted molar refractivity (Wildman–Crippen MR) is 162 cm³/mol. The van der Waals surface area contributed by atoms with Gasteiger partial charge in [-0.3, -0.25) is 0 Å². The van der Waals surface area contributed by atoms with Crippen LogP contribution in [0.1, 0.15) is 28.4 Å². The summed E-state index contributed by atoms with van der Waals surface area (Å²) in [5.41, 5.74) is 4.11. The molecule has 0 aliphatic carbocycles. The third kappa shape index (κ3) is 6.93. The SMILES string of the molecule is COc1ccc2c(c1)[C@H](OC)[C@@H]1[C@H](O2)O[C@H](COCc2ccccc2)[C@@H](OCc2ccccc2)[C@@H]1OCc1ccccc1. The first-order chi connectivity index (χ1) is 21.2. The summed E-state index contributed by atoms with van der Waals surface area (Å²) < 4.78 is 44.6. The zero-order valence-corrected chi connectivity index (χ0v) is 24.5. The number of methoxy groups -OCH3 is 2. The molecule has 0 aromatic heterocycles. The largest absolute Gasteiger partial charge is 0.497 e. The van der Waals surface area contributed by atoms with E-state index in [1.807, 2.05) is 84.9 Å². The van der Waals surface area contributed by atoms with Gasteiger partial charge >= 0.3 is 0 Å². The molecule has 43 heavy (non-hydrogen) atoms. The first kappa shape index (κ1) is 29.4. The van der Waals surface area contributed by atoms with Crippen LogP contribution in [0, 0.1) is 5.92 Å². The van der Waals surface area contributed by atoms with E-state index >= 15 is 0 Å². The Labute approximate surface area is 253 Å². The third-order valence-electron chi connectivity index (χ3n) is 8.03. The number of hydrogen-bond donors (Lipinski definition) is 0. The highest BCUT2D eigenvalue weighted by Crippen LogP contribution is 2.48. The van der Waals surface area contributed by atoms with Crippen LogP contribution in [-0.2, 0) is 43.5 Å². The lowest BCUT2D eigenvalue weighted by atomic mass is 9.81. The number of hydrogen-bond acceptors (Lipinski definition) is 7. The van der Waals surface area contributed by atoms with Crippen molar-refractivity contribution in [3.8, 4) is 11.5 Å². The van der Waals surface area contributed by atoms with Gasteiger partial charge in [0.1, 0.15) is 23.7 Å². The summed E-state index contributed by atoms with van der Waals surface area (Å²) >= 11 is 0. The van der Waals surface area contributed by atoms with Crippen LogP contribution in [0.5, 0.6) is 11.5 Å². The molecular weight excluding hydrogens is 544 g/mol. The van der Waals surface area contributed by atoms with Crippen molar-refractivity contribution in [2.75, 3.05) is 20.8 Å². The van der Waals surface area contributed by atoms with Gasteiger partial charge in [0.2, 0.25) is 6.29 Å². The fourth-order valence-corrected chi connectivity index (χ4v) is 5.89. The van der Waals surface area contributed by atoms with Gasteiger partial charge in [-0.1, -0.05) is 91.0 Å². The Morgan fingerprint density at radius 2 is 1.23 bits per heavy atom. The van der Waals surface area contributed by atoms with Gasteiger partial charge < -0.3 is 33.2 Å². The number of ether oxygens (including phenoxy) is 7. The minimum atomic E-state index is -0.631. The number of rotatable bonds is 12. The lowest BCUT2D eigenvalue weighted by Crippen LogP contribution is -2.61. The highest BCUT2D eigenvalue weighted by atomic mass is 16.7. The van der Waals surface area contributed by atoms with Gasteiger partial charge in [0, 0.05) is 12.7 Å². The zero-order valence-electron chi connectivity index (χ0n) is 24.5. The Kier molecular flexibility index (Phi) is 9.67. The molecule has 6 rings (SSSR count). The minimum Gasteiger partial charge on any atom is -0.497 e. The van der Waals surface area contributed by atoms with Crippen molar-refractivity contribution >= 4 is 0 Å². The average Bonchev–Trinajstić information content (AvgIpc) is 3.06. The topological polar surface area (TPSA) is 64.6 Å². The van der Waals surface area contributed by atoms with E-state index in [1.165, 1.54) is 0 Å². The van der Waals surface area contributed by atoms with Gasteiger partial charge in [0.05, 0.1) is 51.7 Å². The molecule has 7 heteroatoms. The molecule has 0 amide bonds. The Bertz CT molecular complexity index is 1420. The van der Waals surface area contributed by atoms with Crippen LogP contribution in [0.25, 0.3) is 0 Å². The molecule has 4 aromatic rings. The molecule has 0 N–H and O–H groups in total. The number of fused-ring (bicyclic) bond motifs is 2. The van der Waals surface area contributed by atoms with E-state index in [-0.39, 0.29) is 12.0 Å². The zero-order chi connectivity index (χ0) is 29.4. The Hall–Kier alpha value is -3.72. The molecule has 6 atom stereocenters. The average molecular weight is 583 g/mol. The number of benzene rings is 4. The Morgan fingerprint density at radius 1 is 0.651 bits per heavy atom. The summed E-state index contributed by atoms with van der Waals surface area (Å²) in [6.07, 6.45) is -2.36. The van der Waals surface area contributed by atoms with E-state index < -0.39 is 24.6 Å². The van der Waals surface area contributed by atoms with Crippen molar-refractivity contribution in [2.45, 2.75) is 50.5 Å². The molecule has 0 bridgehead atoms. The molecule has 7 nitrogen and oxygen atoms in total. The smallest absolute Gasteiger partial charge is 0.208 e. The molecule has 2 aliphatic heterocycles. The van der Waals surface area contributed by atoms with Crippen molar-refractivity contribution in [3.63, 3.8) is 0 Å². The quantitative estimate of drug-likeness (QED) is 0.189. The summed E-state index contributed by atoms with van der Waals surface area (Å²) in [4.78, 5) is 0. The second kappa shape index (κ2) is 14.2. The Morgan fingerprint density at radius 3 is 1.81 bits per heavy atom. The van der Waals surface area contributed by atoms with Gasteiger partial charge in [0.25, 0.3) is 0 Å². The first-order valence-corrected chi connectivity index (χ1v) is 14.7. The van der Waals surface area contributed by atoms with Crippen LogP contribution >= 0.6 is 0 Å². The molecule has 0 saturated carbocycles. The fraction of sp³-hybridized carbons (Fsp3) is 0.333. The van der Waals surface area contributed by atoms with E-state index in [0.29, 0.717) is 32.2 Å². The van der Waals surface area contributed by atoms with Gasteiger partial charge in [-0.2, -0.15) is 0 Å². The maximum Gasteiger partial charge on any atom is 0.208 e. The molecule has 1 fully saturated rings. The van der Waals surface area contributed by atoms with Crippen molar-refractivity contribution in [3.05, 3.63) is 131 Å². The highest BCUT2D eigenvalue weighted by molar-refractivity contribution is 5.44. The maximum atomic E-state index is 6.79. The molecule has 0 spiro atoms. The molecule has 224 valence electrons. The third-order valence-corrected chi connectivity index (χ3v) is 8.03. The first-order valence-electron chi connectivity index (χ1n) is 14.7. The van der Waals surface area contributed by atoms with E-state index in [1.54, 1.807) is 14.2 Å². The minimum absolute atomic E-state index is 0.305. The van der Waals surface area contributed by atoms with E-state index in [4.69, 9.17) is 33.2 Å². The molecule has 0 unspecified atom stereocenters. The van der Waals surface area contributed by atoms with Crippen molar-refractivity contribution in [1.29, 1.82) is 0 Å². The monoisotopic (exact) mass is 582 g/mol. The van der Waals surface area contributed by atoms with Crippen LogP contribution in [0.3, 0.4) is 0 Å². The summed E-state index contributed by atoms with van der Waals surface area (Å²) in [5, 5.41) is 0. The van der Waals surface area contributed by atoms with Crippen molar-refractivity contribution in [2.24, 2.45) is 5.92 Å².